The molecule has 0 bridgehead atoms. The van der Waals surface area contributed by atoms with E-state index in [1.165, 1.54) is 148 Å². The fourth-order valence-corrected chi connectivity index (χ4v) is 10.3. The summed E-state index contributed by atoms with van der Waals surface area (Å²) in [6.07, 6.45) is 98.2. The lowest BCUT2D eigenvalue weighted by atomic mass is 10.0. The number of ether oxygens (including phenoxy) is 2. The van der Waals surface area contributed by atoms with E-state index in [2.05, 4.69) is 148 Å². The van der Waals surface area contributed by atoms with Crippen LogP contribution in [0.3, 0.4) is 0 Å². The maximum absolute atomic E-state index is 12.8. The molecule has 0 aliphatic carbocycles. The summed E-state index contributed by atoms with van der Waals surface area (Å²) in [5, 5.41) is 0. The van der Waals surface area contributed by atoms with E-state index in [9.17, 15) is 19.0 Å². The van der Waals surface area contributed by atoms with Crippen molar-refractivity contribution >= 4 is 19.8 Å². The third-order valence-corrected chi connectivity index (χ3v) is 15.5. The molecule has 0 saturated carbocycles. The summed E-state index contributed by atoms with van der Waals surface area (Å²) in [5.74, 6) is -0.828. The first-order valence-electron chi connectivity index (χ1n) is 34.7. The average Bonchev–Trinajstić information content (AvgIpc) is 3.52. The molecule has 0 radical (unpaired) electrons. The molecule has 0 heterocycles. The van der Waals surface area contributed by atoms with Crippen molar-refractivity contribution in [2.75, 3.05) is 26.4 Å². The summed E-state index contributed by atoms with van der Waals surface area (Å²) in [7, 11) is -4.40. The Bertz CT molecular complexity index is 1860. The normalized spacial score (nSPS) is 13.8. The van der Waals surface area contributed by atoms with Gasteiger partial charge in [0.25, 0.3) is 0 Å². The van der Waals surface area contributed by atoms with Crippen LogP contribution in [-0.4, -0.2) is 49.3 Å². The van der Waals surface area contributed by atoms with Gasteiger partial charge in [0, 0.05) is 19.4 Å². The highest BCUT2D eigenvalue weighted by Gasteiger charge is 2.26. The molecule has 0 aliphatic rings. The lowest BCUT2D eigenvalue weighted by Crippen LogP contribution is -2.29. The number of hydrogen-bond donors (Lipinski definition) is 2. The van der Waals surface area contributed by atoms with Crippen LogP contribution in [0, 0.1) is 0 Å². The molecule has 486 valence electrons. The van der Waals surface area contributed by atoms with E-state index in [1.807, 2.05) is 0 Å². The molecule has 0 aromatic rings. The number of nitrogens with two attached hydrogens (primary N) is 1. The molecule has 0 fully saturated rings. The van der Waals surface area contributed by atoms with Gasteiger partial charge in [0.1, 0.15) is 6.61 Å². The molecule has 0 rings (SSSR count). The van der Waals surface area contributed by atoms with Crippen LogP contribution in [-0.2, 0) is 32.7 Å². The van der Waals surface area contributed by atoms with Crippen molar-refractivity contribution in [1.29, 1.82) is 0 Å². The number of carbonyl (C=O) groups excluding carboxylic acids is 2. The number of unbranched alkanes of at least 4 members (excludes halogenated alkanes) is 29. The van der Waals surface area contributed by atoms with Gasteiger partial charge in [-0.2, -0.15) is 0 Å². The van der Waals surface area contributed by atoms with Gasteiger partial charge in [0.05, 0.1) is 13.2 Å². The van der Waals surface area contributed by atoms with Crippen LogP contribution >= 0.6 is 7.82 Å². The Labute approximate surface area is 523 Å². The Morgan fingerprint density at radius 1 is 0.353 bits per heavy atom. The predicted molar refractivity (Wildman–Crippen MR) is 367 cm³/mol. The smallest absolute Gasteiger partial charge is 0.462 e. The standard InChI is InChI=1S/C75H128NO8P/c1-3-5-7-9-11-13-15-17-19-21-23-25-27-29-31-33-35-36-38-40-42-44-46-48-50-52-54-56-58-60-62-64-66-68-75(78)84-73(72-83-85(79,80)82-70-69-76)71-81-74(77)67-65-63-61-59-57-55-53-51-49-47-45-43-41-39-37-34-32-30-28-26-24-22-20-18-16-14-12-10-8-6-4-2/h5-8,11-14,17-20,23-26,29,31,35-36,40,42,73H,3-4,9-10,15-16,21-22,27-28,30,32-34,37-39,41,43-72,76H2,1-2H3,(H,79,80)/b7-5-,8-6-,13-11-,14-12-,19-17-,20-18-,25-23-,26-24-,31-29-,36-35-,42-40-. The third kappa shape index (κ3) is 69.1. The zero-order valence-electron chi connectivity index (χ0n) is 54.5. The third-order valence-electron chi connectivity index (χ3n) is 14.5. The summed E-state index contributed by atoms with van der Waals surface area (Å²) in [6.45, 7) is 3.53. The van der Waals surface area contributed by atoms with Gasteiger partial charge in [-0.3, -0.25) is 18.6 Å². The van der Waals surface area contributed by atoms with Gasteiger partial charge in [-0.05, 0) is 109 Å². The minimum Gasteiger partial charge on any atom is -0.462 e. The lowest BCUT2D eigenvalue weighted by molar-refractivity contribution is -0.161. The van der Waals surface area contributed by atoms with E-state index in [0.29, 0.717) is 6.42 Å². The number of allylic oxidation sites excluding steroid dienone is 22. The van der Waals surface area contributed by atoms with Crippen molar-refractivity contribution in [2.24, 2.45) is 5.73 Å². The maximum atomic E-state index is 12.8. The first kappa shape index (κ1) is 81.2. The number of phosphoric ester groups is 1. The van der Waals surface area contributed by atoms with Crippen molar-refractivity contribution < 1.29 is 37.6 Å². The van der Waals surface area contributed by atoms with Crippen LogP contribution < -0.4 is 5.73 Å². The molecular weight excluding hydrogens is 1070 g/mol. The van der Waals surface area contributed by atoms with Gasteiger partial charge < -0.3 is 20.1 Å². The molecule has 10 heteroatoms. The summed E-state index contributed by atoms with van der Waals surface area (Å²) in [6, 6.07) is 0. The zero-order valence-corrected chi connectivity index (χ0v) is 55.4. The van der Waals surface area contributed by atoms with Gasteiger partial charge in [-0.25, -0.2) is 4.57 Å². The Kier molecular flexibility index (Phi) is 66.1. The molecule has 0 aromatic carbocycles. The largest absolute Gasteiger partial charge is 0.472 e. The molecule has 0 spiro atoms. The Morgan fingerprint density at radius 2 is 0.612 bits per heavy atom. The first-order chi connectivity index (χ1) is 41.8. The van der Waals surface area contributed by atoms with Gasteiger partial charge in [0.15, 0.2) is 6.10 Å². The highest BCUT2D eigenvalue weighted by atomic mass is 31.2. The van der Waals surface area contributed by atoms with Gasteiger partial charge in [0.2, 0.25) is 0 Å². The van der Waals surface area contributed by atoms with Gasteiger partial charge in [-0.1, -0.05) is 308 Å². The second-order valence-corrected chi connectivity index (χ2v) is 24.1. The number of esters is 2. The fraction of sp³-hybridized carbons (Fsp3) is 0.680. The Hall–Kier alpha value is -3.85. The number of carbonyl (C=O) groups is 2. The maximum Gasteiger partial charge on any atom is 0.472 e. The molecule has 2 unspecified atom stereocenters. The zero-order chi connectivity index (χ0) is 61.6. The summed E-state index contributed by atoms with van der Waals surface area (Å²) >= 11 is 0. The lowest BCUT2D eigenvalue weighted by Gasteiger charge is -2.19. The Balaban J connectivity index is 3.91. The molecule has 85 heavy (non-hydrogen) atoms. The highest BCUT2D eigenvalue weighted by Crippen LogP contribution is 2.43. The van der Waals surface area contributed by atoms with Crippen LogP contribution in [0.1, 0.15) is 296 Å². The van der Waals surface area contributed by atoms with E-state index in [-0.39, 0.29) is 38.6 Å². The molecular formula is C75H128NO8P. The van der Waals surface area contributed by atoms with Crippen molar-refractivity contribution in [1.82, 2.24) is 0 Å². The highest BCUT2D eigenvalue weighted by molar-refractivity contribution is 7.47. The summed E-state index contributed by atoms with van der Waals surface area (Å²) < 4.78 is 33.2. The van der Waals surface area contributed by atoms with Crippen LogP contribution in [0.5, 0.6) is 0 Å². The van der Waals surface area contributed by atoms with Crippen LogP contribution in [0.25, 0.3) is 0 Å². The van der Waals surface area contributed by atoms with E-state index in [4.69, 9.17) is 24.3 Å². The average molecular weight is 1200 g/mol. The molecule has 2 atom stereocenters. The molecule has 0 aromatic heterocycles. The molecule has 0 aliphatic heterocycles. The number of rotatable bonds is 64. The molecule has 9 nitrogen and oxygen atoms in total. The minimum absolute atomic E-state index is 0.0484. The van der Waals surface area contributed by atoms with Crippen LogP contribution in [0.15, 0.2) is 134 Å². The van der Waals surface area contributed by atoms with E-state index in [0.717, 1.165) is 116 Å². The van der Waals surface area contributed by atoms with Crippen molar-refractivity contribution in [2.45, 2.75) is 302 Å². The van der Waals surface area contributed by atoms with Crippen molar-refractivity contribution in [3.05, 3.63) is 134 Å². The second-order valence-electron chi connectivity index (χ2n) is 22.6. The summed E-state index contributed by atoms with van der Waals surface area (Å²) in [5.41, 5.74) is 5.40. The quantitative estimate of drug-likeness (QED) is 0.0264. The second kappa shape index (κ2) is 69.3. The van der Waals surface area contributed by atoms with E-state index in [1.54, 1.807) is 0 Å². The Morgan fingerprint density at radius 3 is 0.906 bits per heavy atom. The van der Waals surface area contributed by atoms with Gasteiger partial charge in [-0.15, -0.1) is 0 Å². The SMILES string of the molecule is CC/C=C\C/C=C\C/C=C\C/C=C\C/C=C\C/C=C\C/C=C\CCCCCCCCCCCCCC(=O)OC(COC(=O)CCCCCCCCCCCCCCCCCCCC/C=C\C/C=C\C/C=C\C/C=C\CC)COP(=O)(O)OCCN. The first-order valence-corrected chi connectivity index (χ1v) is 36.2. The van der Waals surface area contributed by atoms with Crippen molar-refractivity contribution in [3.8, 4) is 0 Å². The molecule has 0 amide bonds. The fourth-order valence-electron chi connectivity index (χ4n) is 9.49. The van der Waals surface area contributed by atoms with Gasteiger partial charge >= 0.3 is 19.8 Å². The van der Waals surface area contributed by atoms with Crippen LogP contribution in [0.4, 0.5) is 0 Å². The minimum atomic E-state index is -4.40. The van der Waals surface area contributed by atoms with Crippen molar-refractivity contribution in [3.63, 3.8) is 0 Å². The molecule has 0 saturated heterocycles. The topological polar surface area (TPSA) is 134 Å². The number of phosphoric acid groups is 1. The molecule has 3 N–H and O–H groups in total. The predicted octanol–water partition coefficient (Wildman–Crippen LogP) is 22.9. The van der Waals surface area contributed by atoms with E-state index < -0.39 is 26.5 Å². The monoisotopic (exact) mass is 1200 g/mol. The van der Waals surface area contributed by atoms with E-state index >= 15 is 0 Å². The number of hydrogen-bond acceptors (Lipinski definition) is 8. The van der Waals surface area contributed by atoms with Crippen LogP contribution in [0.2, 0.25) is 0 Å². The summed E-state index contributed by atoms with van der Waals surface area (Å²) in [4.78, 5) is 35.4.